The van der Waals surface area contributed by atoms with Crippen LogP contribution in [0, 0.1) is 0 Å². The van der Waals surface area contributed by atoms with Crippen molar-refractivity contribution in [2.45, 2.75) is 12.8 Å². The molecule has 0 aromatic heterocycles. The van der Waals surface area contributed by atoms with E-state index < -0.39 is 5.97 Å². The minimum Gasteiger partial charge on any atom is -0.543 e. The highest BCUT2D eigenvalue weighted by atomic mass is 16.4. The average Bonchev–Trinajstić information content (AvgIpc) is 1.90. The summed E-state index contributed by atoms with van der Waals surface area (Å²) in [7, 11) is 0. The maximum absolute atomic E-state index is 10.1. The third kappa shape index (κ3) is 1.45. The van der Waals surface area contributed by atoms with Gasteiger partial charge < -0.3 is 15.2 Å². The number of aliphatic carboxylic acids is 1. The Morgan fingerprint density at radius 1 is 1.78 bits per heavy atom. The van der Waals surface area contributed by atoms with E-state index in [0.29, 0.717) is 0 Å². The van der Waals surface area contributed by atoms with Crippen LogP contribution in [0.2, 0.25) is 0 Å². The highest BCUT2D eigenvalue weighted by molar-refractivity contribution is 5.83. The van der Waals surface area contributed by atoms with E-state index in [0.717, 1.165) is 19.4 Å². The van der Waals surface area contributed by atoms with Gasteiger partial charge in [-0.2, -0.15) is 0 Å². The number of carboxylic acid groups (broad SMARTS) is 1. The summed E-state index contributed by atoms with van der Waals surface area (Å²) in [6.07, 6.45) is 3.51. The van der Waals surface area contributed by atoms with Gasteiger partial charge in [-0.1, -0.05) is 6.08 Å². The van der Waals surface area contributed by atoms with Crippen LogP contribution in [0.5, 0.6) is 0 Å². The first kappa shape index (κ1) is 6.13. The molecule has 0 unspecified atom stereocenters. The highest BCUT2D eigenvalue weighted by Crippen LogP contribution is 2.00. The Balaban J connectivity index is 2.57. The molecule has 3 heteroatoms. The molecule has 1 heterocycles. The number of carbonyl (C=O) groups is 1. The Hall–Kier alpha value is -0.990. The van der Waals surface area contributed by atoms with Crippen molar-refractivity contribution in [2.24, 2.45) is 0 Å². The number of hydrogen-bond acceptors (Lipinski definition) is 3. The first-order valence-electron chi connectivity index (χ1n) is 2.96. The smallest absolute Gasteiger partial charge is 0.0871 e. The number of allylic oxidation sites excluding steroid dienone is 1. The maximum atomic E-state index is 10.1. The van der Waals surface area contributed by atoms with Crippen LogP contribution in [0.15, 0.2) is 11.8 Å². The van der Waals surface area contributed by atoms with Crippen LogP contribution in [0.1, 0.15) is 12.8 Å². The third-order valence-electron chi connectivity index (χ3n) is 1.26. The van der Waals surface area contributed by atoms with Crippen molar-refractivity contribution in [3.05, 3.63) is 11.8 Å². The normalized spacial score (nSPS) is 18.0. The van der Waals surface area contributed by atoms with Gasteiger partial charge in [0.2, 0.25) is 0 Å². The molecule has 0 spiro atoms. The number of rotatable bonds is 1. The molecule has 0 bridgehead atoms. The van der Waals surface area contributed by atoms with E-state index >= 15 is 0 Å². The second kappa shape index (κ2) is 2.53. The molecule has 0 aromatic rings. The van der Waals surface area contributed by atoms with Crippen LogP contribution in [0.25, 0.3) is 0 Å². The summed E-state index contributed by atoms with van der Waals surface area (Å²) < 4.78 is 0. The number of nitrogens with one attached hydrogen (secondary N) is 1. The lowest BCUT2D eigenvalue weighted by molar-refractivity contribution is -0.299. The van der Waals surface area contributed by atoms with E-state index in [2.05, 4.69) is 5.32 Å². The lowest BCUT2D eigenvalue weighted by Crippen LogP contribution is -2.34. The van der Waals surface area contributed by atoms with Crippen molar-refractivity contribution in [1.82, 2.24) is 5.32 Å². The zero-order valence-electron chi connectivity index (χ0n) is 5.02. The Kier molecular flexibility index (Phi) is 1.72. The lowest BCUT2D eigenvalue weighted by Gasteiger charge is -2.15. The van der Waals surface area contributed by atoms with Crippen molar-refractivity contribution in [3.63, 3.8) is 0 Å². The quantitative estimate of drug-likeness (QED) is 0.490. The fourth-order valence-electron chi connectivity index (χ4n) is 0.799. The molecule has 1 N–H and O–H groups in total. The fourth-order valence-corrected chi connectivity index (χ4v) is 0.799. The SMILES string of the molecule is O=C([O-])C1=CCCCN1. The Bertz CT molecular complexity index is 151. The summed E-state index contributed by atoms with van der Waals surface area (Å²) in [4.78, 5) is 10.1. The van der Waals surface area contributed by atoms with E-state index in [1.807, 2.05) is 0 Å². The Labute approximate surface area is 53.4 Å². The number of hydrogen-bond donors (Lipinski definition) is 1. The summed E-state index contributed by atoms with van der Waals surface area (Å²) in [5.41, 5.74) is 0.237. The molecule has 50 valence electrons. The van der Waals surface area contributed by atoms with Crippen LogP contribution in [-0.2, 0) is 4.79 Å². The number of carbonyl (C=O) groups excluding carboxylic acids is 1. The Morgan fingerprint density at radius 3 is 2.89 bits per heavy atom. The Morgan fingerprint density at radius 2 is 2.56 bits per heavy atom. The second-order valence-corrected chi connectivity index (χ2v) is 1.97. The van der Waals surface area contributed by atoms with Gasteiger partial charge in [0.15, 0.2) is 0 Å². The third-order valence-corrected chi connectivity index (χ3v) is 1.26. The molecule has 0 amide bonds. The molecule has 0 atom stereocenters. The van der Waals surface area contributed by atoms with Crippen molar-refractivity contribution in [3.8, 4) is 0 Å². The molecule has 1 aliphatic rings. The first-order valence-corrected chi connectivity index (χ1v) is 2.96. The molecular formula is C6H8NO2-. The fraction of sp³-hybridized carbons (Fsp3) is 0.500. The molecule has 0 saturated carbocycles. The van der Waals surface area contributed by atoms with Crippen molar-refractivity contribution in [2.75, 3.05) is 6.54 Å². The predicted molar refractivity (Wildman–Crippen MR) is 30.3 cm³/mol. The number of carboxylic acids is 1. The molecule has 9 heavy (non-hydrogen) atoms. The molecule has 0 fully saturated rings. The van der Waals surface area contributed by atoms with Gasteiger partial charge in [0.05, 0.1) is 11.7 Å². The van der Waals surface area contributed by atoms with Crippen molar-refractivity contribution >= 4 is 5.97 Å². The zero-order chi connectivity index (χ0) is 6.69. The largest absolute Gasteiger partial charge is 0.543 e. The molecular weight excluding hydrogens is 118 g/mol. The van der Waals surface area contributed by atoms with Gasteiger partial charge in [-0.05, 0) is 12.8 Å². The molecule has 0 aromatic carbocycles. The summed E-state index contributed by atoms with van der Waals surface area (Å²) >= 11 is 0. The molecule has 1 aliphatic heterocycles. The maximum Gasteiger partial charge on any atom is 0.0871 e. The second-order valence-electron chi connectivity index (χ2n) is 1.97. The standard InChI is InChI=1S/C6H9NO2/c8-6(9)5-3-1-2-4-7-5/h3,7H,1-2,4H2,(H,8,9)/p-1. The van der Waals surface area contributed by atoms with Crippen molar-refractivity contribution < 1.29 is 9.90 Å². The van der Waals surface area contributed by atoms with Gasteiger partial charge >= 0.3 is 0 Å². The topological polar surface area (TPSA) is 52.2 Å². The summed E-state index contributed by atoms with van der Waals surface area (Å²) in [6, 6.07) is 0. The van der Waals surface area contributed by atoms with Crippen LogP contribution in [-0.4, -0.2) is 12.5 Å². The minimum atomic E-state index is -1.10. The molecule has 1 rings (SSSR count). The van der Waals surface area contributed by atoms with Crippen LogP contribution < -0.4 is 10.4 Å². The predicted octanol–water partition coefficient (Wildman–Crippen LogP) is -0.996. The van der Waals surface area contributed by atoms with E-state index in [-0.39, 0.29) is 5.70 Å². The lowest BCUT2D eigenvalue weighted by atomic mass is 10.2. The van der Waals surface area contributed by atoms with E-state index in [1.54, 1.807) is 6.08 Å². The molecule has 3 nitrogen and oxygen atoms in total. The van der Waals surface area contributed by atoms with Gasteiger partial charge in [0, 0.05) is 6.54 Å². The summed E-state index contributed by atoms with van der Waals surface area (Å²) in [6.45, 7) is 0.750. The summed E-state index contributed by atoms with van der Waals surface area (Å²) in [5.74, 6) is -1.10. The van der Waals surface area contributed by atoms with Crippen LogP contribution >= 0.6 is 0 Å². The molecule has 0 radical (unpaired) electrons. The van der Waals surface area contributed by atoms with Gasteiger partial charge in [0.25, 0.3) is 0 Å². The molecule has 0 aliphatic carbocycles. The van der Waals surface area contributed by atoms with E-state index in [1.165, 1.54) is 0 Å². The highest BCUT2D eigenvalue weighted by Gasteiger charge is 2.00. The average molecular weight is 126 g/mol. The van der Waals surface area contributed by atoms with E-state index in [9.17, 15) is 9.90 Å². The van der Waals surface area contributed by atoms with Gasteiger partial charge in [-0.15, -0.1) is 0 Å². The van der Waals surface area contributed by atoms with Crippen molar-refractivity contribution in [1.29, 1.82) is 0 Å². The van der Waals surface area contributed by atoms with Gasteiger partial charge in [-0.3, -0.25) is 0 Å². The first-order chi connectivity index (χ1) is 4.30. The van der Waals surface area contributed by atoms with Crippen LogP contribution in [0.3, 0.4) is 0 Å². The van der Waals surface area contributed by atoms with Gasteiger partial charge in [-0.25, -0.2) is 0 Å². The summed E-state index contributed by atoms with van der Waals surface area (Å²) in [5, 5.41) is 12.8. The van der Waals surface area contributed by atoms with Crippen LogP contribution in [0.4, 0.5) is 0 Å². The molecule has 0 saturated heterocycles. The van der Waals surface area contributed by atoms with E-state index in [4.69, 9.17) is 0 Å². The van der Waals surface area contributed by atoms with Gasteiger partial charge in [0.1, 0.15) is 0 Å². The monoisotopic (exact) mass is 126 g/mol. The zero-order valence-corrected chi connectivity index (χ0v) is 5.02. The minimum absolute atomic E-state index is 0.237.